The summed E-state index contributed by atoms with van der Waals surface area (Å²) in [5.74, 6) is -3.37. The van der Waals surface area contributed by atoms with Gasteiger partial charge in [-0.1, -0.05) is 58.1 Å². The maximum absolute atomic E-state index is 15.2. The summed E-state index contributed by atoms with van der Waals surface area (Å²) in [6.07, 6.45) is 11.8. The van der Waals surface area contributed by atoms with Crippen LogP contribution in [0.25, 0.3) is 16.7 Å². The molecule has 0 radical (unpaired) electrons. The van der Waals surface area contributed by atoms with Gasteiger partial charge in [-0.3, -0.25) is 0 Å². The Balaban J connectivity index is 1.64. The van der Waals surface area contributed by atoms with Gasteiger partial charge in [0.1, 0.15) is 0 Å². The number of rotatable bonds is 8. The number of aryl methyl sites for hydroxylation is 1. The first-order chi connectivity index (χ1) is 15.5. The summed E-state index contributed by atoms with van der Waals surface area (Å²) < 4.78 is 59.9. The van der Waals surface area contributed by atoms with Crippen LogP contribution in [0.1, 0.15) is 93.9 Å². The van der Waals surface area contributed by atoms with E-state index < -0.39 is 23.3 Å². The fraction of sp³-hybridized carbons (Fsp3) is 0.500. The Kier molecular flexibility index (Phi) is 7.07. The van der Waals surface area contributed by atoms with Crippen molar-refractivity contribution in [3.8, 4) is 11.1 Å². The number of unbranched alkanes of at least 4 members (excludes halogenated alkanes) is 3. The van der Waals surface area contributed by atoms with Gasteiger partial charge in [0.15, 0.2) is 23.3 Å². The number of hydrogen-bond donors (Lipinski definition) is 0. The molecular formula is C28H32F4. The summed E-state index contributed by atoms with van der Waals surface area (Å²) in [6.45, 7) is 4.18. The molecular weight excluding hydrogens is 412 g/mol. The van der Waals surface area contributed by atoms with E-state index in [1.54, 1.807) is 12.1 Å². The van der Waals surface area contributed by atoms with Crippen molar-refractivity contribution in [2.75, 3.05) is 0 Å². The summed E-state index contributed by atoms with van der Waals surface area (Å²) in [7, 11) is 0. The molecule has 2 aromatic rings. The highest BCUT2D eigenvalue weighted by atomic mass is 19.2. The van der Waals surface area contributed by atoms with Gasteiger partial charge < -0.3 is 0 Å². The average Bonchev–Trinajstić information content (AvgIpc) is 3.17. The van der Waals surface area contributed by atoms with Crippen LogP contribution in [0, 0.1) is 29.2 Å². The quantitative estimate of drug-likeness (QED) is 0.240. The van der Waals surface area contributed by atoms with Gasteiger partial charge in [-0.15, -0.1) is 0 Å². The largest absolute Gasteiger partial charge is 0.203 e. The maximum Gasteiger partial charge on any atom is 0.167 e. The first kappa shape index (κ1) is 23.1. The highest BCUT2D eigenvalue weighted by Crippen LogP contribution is 2.45. The van der Waals surface area contributed by atoms with Crippen molar-refractivity contribution in [3.63, 3.8) is 0 Å². The summed E-state index contributed by atoms with van der Waals surface area (Å²) in [5.41, 5.74) is 2.33. The first-order valence-electron chi connectivity index (χ1n) is 12.2. The van der Waals surface area contributed by atoms with E-state index in [9.17, 15) is 8.78 Å². The highest BCUT2D eigenvalue weighted by Gasteiger charge is 2.32. The van der Waals surface area contributed by atoms with Crippen LogP contribution >= 0.6 is 0 Å². The molecule has 2 aromatic carbocycles. The Morgan fingerprint density at radius 3 is 2.16 bits per heavy atom. The molecule has 1 unspecified atom stereocenters. The van der Waals surface area contributed by atoms with Crippen LogP contribution in [-0.2, 0) is 12.8 Å². The first-order valence-corrected chi connectivity index (χ1v) is 12.2. The van der Waals surface area contributed by atoms with Crippen molar-refractivity contribution in [2.45, 2.75) is 84.5 Å². The van der Waals surface area contributed by atoms with Crippen molar-refractivity contribution < 1.29 is 17.6 Å². The van der Waals surface area contributed by atoms with Crippen molar-refractivity contribution in [2.24, 2.45) is 5.92 Å². The summed E-state index contributed by atoms with van der Waals surface area (Å²) >= 11 is 0. The minimum Gasteiger partial charge on any atom is -0.203 e. The van der Waals surface area contributed by atoms with Crippen LogP contribution in [0.4, 0.5) is 17.6 Å². The third kappa shape index (κ3) is 4.25. The van der Waals surface area contributed by atoms with Crippen LogP contribution in [0.2, 0.25) is 0 Å². The van der Waals surface area contributed by atoms with Gasteiger partial charge in [0.25, 0.3) is 0 Å². The van der Waals surface area contributed by atoms with Crippen LogP contribution in [0.5, 0.6) is 0 Å². The third-order valence-electron chi connectivity index (χ3n) is 7.16. The third-order valence-corrected chi connectivity index (χ3v) is 7.16. The van der Waals surface area contributed by atoms with Gasteiger partial charge in [-0.25, -0.2) is 17.6 Å². The monoisotopic (exact) mass is 444 g/mol. The van der Waals surface area contributed by atoms with Crippen molar-refractivity contribution in [1.29, 1.82) is 0 Å². The molecule has 0 amide bonds. The molecule has 32 heavy (non-hydrogen) atoms. The fourth-order valence-corrected chi connectivity index (χ4v) is 5.30. The molecule has 0 aromatic heterocycles. The van der Waals surface area contributed by atoms with Crippen molar-refractivity contribution in [1.82, 2.24) is 0 Å². The molecule has 1 atom stereocenters. The zero-order chi connectivity index (χ0) is 22.8. The number of benzene rings is 2. The van der Waals surface area contributed by atoms with Gasteiger partial charge in [-0.2, -0.15) is 0 Å². The maximum atomic E-state index is 15.2. The topological polar surface area (TPSA) is 0 Å². The lowest BCUT2D eigenvalue weighted by Crippen LogP contribution is -2.07. The van der Waals surface area contributed by atoms with Gasteiger partial charge >= 0.3 is 0 Å². The second-order valence-electron chi connectivity index (χ2n) is 9.43. The second kappa shape index (κ2) is 9.80. The van der Waals surface area contributed by atoms with Crippen LogP contribution in [-0.4, -0.2) is 0 Å². The lowest BCUT2D eigenvalue weighted by Gasteiger charge is -2.23. The molecule has 4 heteroatoms. The number of allylic oxidation sites excluding steroid dienone is 2. The molecule has 0 aliphatic heterocycles. The standard InChI is InChI=1S/C28H32F4/c1-3-5-7-8-17-10-12-18(13-11-17)22-16-21-15-20-14-19(9-6-4-2)25(29)27(31)23(20)24(21)28(32)26(22)30/h12,14,16-17H,3-11,13,15H2,1-2H3. The number of hydrogen-bond acceptors (Lipinski definition) is 0. The molecule has 0 N–H and O–H groups in total. The molecule has 0 bridgehead atoms. The van der Waals surface area contributed by atoms with Gasteiger partial charge in [-0.05, 0) is 72.8 Å². The zero-order valence-corrected chi connectivity index (χ0v) is 19.1. The molecule has 172 valence electrons. The normalized spacial score (nSPS) is 17.3. The zero-order valence-electron chi connectivity index (χ0n) is 19.1. The summed E-state index contributed by atoms with van der Waals surface area (Å²) in [5, 5.41) is 0. The Morgan fingerprint density at radius 1 is 0.812 bits per heavy atom. The Labute approximate surface area is 188 Å². The molecule has 0 saturated carbocycles. The van der Waals surface area contributed by atoms with Crippen LogP contribution < -0.4 is 0 Å². The lowest BCUT2D eigenvalue weighted by molar-refractivity contribution is 0.427. The van der Waals surface area contributed by atoms with E-state index >= 15 is 8.78 Å². The average molecular weight is 445 g/mol. The predicted octanol–water partition coefficient (Wildman–Crippen LogP) is 8.92. The molecule has 0 heterocycles. The van der Waals surface area contributed by atoms with E-state index in [2.05, 4.69) is 13.0 Å². The SMILES string of the molecule is CCCCCC1CC=C(c2cc3c(c(F)c2F)-c2c(cc(CCCC)c(F)c2F)C3)CC1. The molecule has 2 aliphatic carbocycles. The Morgan fingerprint density at radius 2 is 1.50 bits per heavy atom. The van der Waals surface area contributed by atoms with E-state index in [-0.39, 0.29) is 16.7 Å². The molecule has 0 spiro atoms. The Hall–Kier alpha value is -2.10. The van der Waals surface area contributed by atoms with Gasteiger partial charge in [0.2, 0.25) is 0 Å². The smallest absolute Gasteiger partial charge is 0.167 e. The van der Waals surface area contributed by atoms with Crippen molar-refractivity contribution >= 4 is 5.57 Å². The minimum absolute atomic E-state index is 0.102. The van der Waals surface area contributed by atoms with E-state index in [0.717, 1.165) is 37.7 Å². The number of fused-ring (bicyclic) bond motifs is 3. The number of halogens is 4. The summed E-state index contributed by atoms with van der Waals surface area (Å²) in [4.78, 5) is 0. The molecule has 2 aliphatic rings. The molecule has 0 nitrogen and oxygen atoms in total. The second-order valence-corrected chi connectivity index (χ2v) is 9.43. The molecule has 4 rings (SSSR count). The van der Waals surface area contributed by atoms with Crippen LogP contribution in [0.15, 0.2) is 18.2 Å². The lowest BCUT2D eigenvalue weighted by atomic mass is 9.83. The van der Waals surface area contributed by atoms with E-state index in [4.69, 9.17) is 0 Å². The van der Waals surface area contributed by atoms with E-state index in [1.165, 1.54) is 25.7 Å². The van der Waals surface area contributed by atoms with Gasteiger partial charge in [0.05, 0.1) is 0 Å². The van der Waals surface area contributed by atoms with E-state index in [0.29, 0.717) is 35.4 Å². The summed E-state index contributed by atoms with van der Waals surface area (Å²) in [6, 6.07) is 3.31. The Bertz CT molecular complexity index is 1030. The minimum atomic E-state index is -1.05. The fourth-order valence-electron chi connectivity index (χ4n) is 5.30. The predicted molar refractivity (Wildman–Crippen MR) is 123 cm³/mol. The van der Waals surface area contributed by atoms with E-state index in [1.807, 2.05) is 6.92 Å². The van der Waals surface area contributed by atoms with Gasteiger partial charge in [0, 0.05) is 16.7 Å². The molecule has 0 saturated heterocycles. The van der Waals surface area contributed by atoms with Crippen molar-refractivity contribution in [3.05, 3.63) is 63.7 Å². The van der Waals surface area contributed by atoms with Crippen LogP contribution in [0.3, 0.4) is 0 Å². The highest BCUT2D eigenvalue weighted by molar-refractivity contribution is 5.81. The molecule has 0 fully saturated rings.